The summed E-state index contributed by atoms with van der Waals surface area (Å²) >= 11 is 0. The van der Waals surface area contributed by atoms with E-state index in [0.717, 1.165) is 32.1 Å². The van der Waals surface area contributed by atoms with Crippen LogP contribution in [-0.2, 0) is 4.79 Å². The molecule has 2 saturated carbocycles. The Balaban J connectivity index is 1.94. The lowest BCUT2D eigenvalue weighted by Crippen LogP contribution is -2.45. The van der Waals surface area contributed by atoms with Crippen LogP contribution in [0.5, 0.6) is 0 Å². The van der Waals surface area contributed by atoms with Crippen LogP contribution in [0.3, 0.4) is 0 Å². The third-order valence-electron chi connectivity index (χ3n) is 5.13. The van der Waals surface area contributed by atoms with Gasteiger partial charge in [0.15, 0.2) is 0 Å². The van der Waals surface area contributed by atoms with E-state index in [9.17, 15) is 10.1 Å². The van der Waals surface area contributed by atoms with Gasteiger partial charge in [0.25, 0.3) is 0 Å². The van der Waals surface area contributed by atoms with Crippen molar-refractivity contribution in [2.75, 3.05) is 0 Å². The highest BCUT2D eigenvalue weighted by atomic mass is 16.2. The van der Waals surface area contributed by atoms with Crippen LogP contribution in [0.15, 0.2) is 0 Å². The lowest BCUT2D eigenvalue weighted by Gasteiger charge is -2.30. The molecule has 2 fully saturated rings. The Kier molecular flexibility index (Phi) is 4.50. The highest BCUT2D eigenvalue weighted by molar-refractivity contribution is 5.80. The number of rotatable bonds is 3. The van der Waals surface area contributed by atoms with E-state index >= 15 is 0 Å². The molecule has 2 aliphatic rings. The molecule has 0 heterocycles. The van der Waals surface area contributed by atoms with Crippen molar-refractivity contribution in [2.45, 2.75) is 71.3 Å². The van der Waals surface area contributed by atoms with Crippen LogP contribution in [0.2, 0.25) is 0 Å². The number of nitriles is 1. The second-order valence-electron chi connectivity index (χ2n) is 6.95. The number of nitrogens with zero attached hydrogens (tertiary/aromatic N) is 1. The van der Waals surface area contributed by atoms with Crippen molar-refractivity contribution in [1.29, 1.82) is 5.26 Å². The van der Waals surface area contributed by atoms with Gasteiger partial charge in [-0.25, -0.2) is 0 Å². The summed E-state index contributed by atoms with van der Waals surface area (Å²) in [5.74, 6) is 0.568. The zero-order valence-electron chi connectivity index (χ0n) is 12.2. The van der Waals surface area contributed by atoms with E-state index in [2.05, 4.69) is 25.2 Å². The molecule has 2 rings (SSSR count). The van der Waals surface area contributed by atoms with E-state index in [1.165, 1.54) is 19.3 Å². The molecule has 3 heteroatoms. The number of carbonyl (C=O) groups excluding carboxylic acids is 1. The van der Waals surface area contributed by atoms with Gasteiger partial charge in [0, 0.05) is 5.92 Å². The Bertz CT molecular complexity index is 363. The predicted octanol–water partition coefficient (Wildman–Crippen LogP) is 3.40. The standard InChI is InChI=1S/C16H26N2O/c1-16(2)10-6-9-13(16)15(19)18-14(11-17)12-7-4-3-5-8-12/h12-14H,3-10H2,1-2H3,(H,18,19). The number of hydrogen-bond acceptors (Lipinski definition) is 2. The monoisotopic (exact) mass is 262 g/mol. The van der Waals surface area contributed by atoms with Gasteiger partial charge in [-0.3, -0.25) is 4.79 Å². The molecule has 0 aliphatic heterocycles. The smallest absolute Gasteiger partial charge is 0.224 e. The molecule has 2 unspecified atom stereocenters. The fraction of sp³-hybridized carbons (Fsp3) is 0.875. The second-order valence-corrected chi connectivity index (χ2v) is 6.95. The van der Waals surface area contributed by atoms with Crippen LogP contribution in [0.4, 0.5) is 0 Å². The zero-order chi connectivity index (χ0) is 13.9. The summed E-state index contributed by atoms with van der Waals surface area (Å²) < 4.78 is 0. The lowest BCUT2D eigenvalue weighted by atomic mass is 9.80. The highest BCUT2D eigenvalue weighted by Crippen LogP contribution is 2.42. The van der Waals surface area contributed by atoms with Crippen molar-refractivity contribution in [1.82, 2.24) is 5.32 Å². The van der Waals surface area contributed by atoms with Crippen molar-refractivity contribution in [2.24, 2.45) is 17.3 Å². The Morgan fingerprint density at radius 3 is 2.42 bits per heavy atom. The van der Waals surface area contributed by atoms with Crippen molar-refractivity contribution >= 4 is 5.91 Å². The molecule has 1 N–H and O–H groups in total. The maximum atomic E-state index is 12.4. The predicted molar refractivity (Wildman–Crippen MR) is 75.2 cm³/mol. The first-order valence-corrected chi connectivity index (χ1v) is 7.74. The van der Waals surface area contributed by atoms with Crippen LogP contribution < -0.4 is 5.32 Å². The Morgan fingerprint density at radius 2 is 1.89 bits per heavy atom. The topological polar surface area (TPSA) is 52.9 Å². The molecule has 19 heavy (non-hydrogen) atoms. The molecular weight excluding hydrogens is 236 g/mol. The summed E-state index contributed by atoms with van der Waals surface area (Å²) in [6.45, 7) is 4.35. The number of hydrogen-bond donors (Lipinski definition) is 1. The Labute approximate surface area is 116 Å². The van der Waals surface area contributed by atoms with Gasteiger partial charge in [-0.1, -0.05) is 39.5 Å². The summed E-state index contributed by atoms with van der Waals surface area (Å²) in [7, 11) is 0. The number of nitrogens with one attached hydrogen (secondary N) is 1. The van der Waals surface area contributed by atoms with Crippen molar-refractivity contribution in [3.63, 3.8) is 0 Å². The minimum Gasteiger partial charge on any atom is -0.340 e. The molecule has 0 spiro atoms. The third kappa shape index (κ3) is 3.29. The Morgan fingerprint density at radius 1 is 1.21 bits per heavy atom. The largest absolute Gasteiger partial charge is 0.340 e. The minimum absolute atomic E-state index is 0.0898. The van der Waals surface area contributed by atoms with Gasteiger partial charge < -0.3 is 5.32 Å². The molecule has 1 amide bonds. The molecule has 2 aliphatic carbocycles. The molecule has 0 radical (unpaired) electrons. The second kappa shape index (κ2) is 5.94. The van der Waals surface area contributed by atoms with Crippen LogP contribution in [0.25, 0.3) is 0 Å². The third-order valence-corrected chi connectivity index (χ3v) is 5.13. The van der Waals surface area contributed by atoms with Crippen molar-refractivity contribution in [3.05, 3.63) is 0 Å². The first-order valence-electron chi connectivity index (χ1n) is 7.74. The van der Waals surface area contributed by atoms with Gasteiger partial charge in [-0.2, -0.15) is 5.26 Å². The van der Waals surface area contributed by atoms with E-state index in [1.54, 1.807) is 0 Å². The first-order chi connectivity index (χ1) is 9.04. The zero-order valence-corrected chi connectivity index (χ0v) is 12.2. The summed E-state index contributed by atoms with van der Waals surface area (Å²) in [5, 5.41) is 12.4. The average molecular weight is 262 g/mol. The highest BCUT2D eigenvalue weighted by Gasteiger charge is 2.40. The van der Waals surface area contributed by atoms with Crippen molar-refractivity contribution in [3.8, 4) is 6.07 Å². The molecule has 0 aromatic carbocycles. The molecule has 0 aromatic rings. The van der Waals surface area contributed by atoms with Gasteiger partial charge in [0.1, 0.15) is 6.04 Å². The van der Waals surface area contributed by atoms with Gasteiger partial charge in [-0.15, -0.1) is 0 Å². The van der Waals surface area contributed by atoms with Crippen LogP contribution in [0.1, 0.15) is 65.2 Å². The summed E-state index contributed by atoms with van der Waals surface area (Å²) in [4.78, 5) is 12.4. The maximum Gasteiger partial charge on any atom is 0.224 e. The minimum atomic E-state index is -0.274. The van der Waals surface area contributed by atoms with E-state index in [-0.39, 0.29) is 23.3 Å². The molecular formula is C16H26N2O. The molecule has 2 atom stereocenters. The summed E-state index contributed by atoms with van der Waals surface area (Å²) in [6.07, 6.45) is 9.08. The molecule has 3 nitrogen and oxygen atoms in total. The first kappa shape index (κ1) is 14.4. The lowest BCUT2D eigenvalue weighted by molar-refractivity contribution is -0.128. The maximum absolute atomic E-state index is 12.4. The van der Waals surface area contributed by atoms with E-state index in [4.69, 9.17) is 0 Å². The Hall–Kier alpha value is -1.04. The molecule has 0 saturated heterocycles. The van der Waals surface area contributed by atoms with Crippen LogP contribution in [-0.4, -0.2) is 11.9 Å². The quantitative estimate of drug-likeness (QED) is 0.847. The molecule has 106 valence electrons. The average Bonchev–Trinajstić information content (AvgIpc) is 2.76. The van der Waals surface area contributed by atoms with Crippen LogP contribution >= 0.6 is 0 Å². The molecule has 0 bridgehead atoms. The van der Waals surface area contributed by atoms with E-state index in [1.807, 2.05) is 0 Å². The normalized spacial score (nSPS) is 28.6. The van der Waals surface area contributed by atoms with Gasteiger partial charge >= 0.3 is 0 Å². The van der Waals surface area contributed by atoms with E-state index < -0.39 is 0 Å². The van der Waals surface area contributed by atoms with Crippen molar-refractivity contribution < 1.29 is 4.79 Å². The SMILES string of the molecule is CC1(C)CCCC1C(=O)NC(C#N)C1CCCCC1. The fourth-order valence-corrected chi connectivity index (χ4v) is 3.79. The summed E-state index contributed by atoms with van der Waals surface area (Å²) in [6, 6.07) is 2.05. The summed E-state index contributed by atoms with van der Waals surface area (Å²) in [5.41, 5.74) is 0.0939. The fourth-order valence-electron chi connectivity index (χ4n) is 3.79. The van der Waals surface area contributed by atoms with Crippen LogP contribution in [0, 0.1) is 28.6 Å². The van der Waals surface area contributed by atoms with Gasteiger partial charge in [0.05, 0.1) is 6.07 Å². The number of amides is 1. The number of carbonyl (C=O) groups is 1. The van der Waals surface area contributed by atoms with Gasteiger partial charge in [-0.05, 0) is 37.0 Å². The van der Waals surface area contributed by atoms with Gasteiger partial charge in [0.2, 0.25) is 5.91 Å². The molecule has 0 aromatic heterocycles. The van der Waals surface area contributed by atoms with E-state index in [0.29, 0.717) is 5.92 Å².